The molecule has 23 heavy (non-hydrogen) atoms. The van der Waals surface area contributed by atoms with Crippen LogP contribution in [0.1, 0.15) is 0 Å². The lowest BCUT2D eigenvalue weighted by atomic mass is 10.2. The van der Waals surface area contributed by atoms with Crippen LogP contribution in [0.25, 0.3) is 16.2 Å². The van der Waals surface area contributed by atoms with Crippen LogP contribution >= 0.6 is 11.3 Å². The third-order valence-electron chi connectivity index (χ3n) is 3.46. The van der Waals surface area contributed by atoms with Gasteiger partial charge in [0.05, 0.1) is 24.7 Å². The SMILES string of the molecule is COc1ccccc1Nc1nn2cc(-c3ccccc3)nc2s1. The van der Waals surface area contributed by atoms with Crippen molar-refractivity contribution in [2.24, 2.45) is 0 Å². The molecule has 2 aromatic heterocycles. The largest absolute Gasteiger partial charge is 0.495 e. The Bertz CT molecular complexity index is 914. The standard InChI is InChI=1S/C17H14N4OS/c1-22-15-10-6-5-9-13(15)18-16-20-21-11-14(19-17(21)23-16)12-7-3-2-4-8-12/h2-11H,1H3,(H,18,20). The Morgan fingerprint density at radius 1 is 1.04 bits per heavy atom. The van der Waals surface area contributed by atoms with Crippen molar-refractivity contribution < 1.29 is 4.74 Å². The lowest BCUT2D eigenvalue weighted by Gasteiger charge is -2.07. The molecule has 0 atom stereocenters. The van der Waals surface area contributed by atoms with Crippen molar-refractivity contribution in [2.75, 3.05) is 12.4 Å². The molecule has 4 rings (SSSR count). The van der Waals surface area contributed by atoms with Gasteiger partial charge >= 0.3 is 0 Å². The van der Waals surface area contributed by atoms with E-state index in [0.717, 1.165) is 32.8 Å². The van der Waals surface area contributed by atoms with Crippen LogP contribution in [0.2, 0.25) is 0 Å². The summed E-state index contributed by atoms with van der Waals surface area (Å²) in [5.74, 6) is 0.783. The lowest BCUT2D eigenvalue weighted by Crippen LogP contribution is -1.94. The number of methoxy groups -OCH3 is 1. The number of nitrogens with zero attached hydrogens (tertiary/aromatic N) is 3. The summed E-state index contributed by atoms with van der Waals surface area (Å²) in [4.78, 5) is 5.48. The van der Waals surface area contributed by atoms with Gasteiger partial charge < -0.3 is 10.1 Å². The van der Waals surface area contributed by atoms with Crippen molar-refractivity contribution in [3.63, 3.8) is 0 Å². The van der Waals surface area contributed by atoms with Crippen LogP contribution in [0.15, 0.2) is 60.8 Å². The zero-order chi connectivity index (χ0) is 15.6. The van der Waals surface area contributed by atoms with Gasteiger partial charge in [0.2, 0.25) is 10.1 Å². The number of aromatic nitrogens is 3. The second-order valence-corrected chi connectivity index (χ2v) is 5.91. The monoisotopic (exact) mass is 322 g/mol. The number of benzene rings is 2. The van der Waals surface area contributed by atoms with E-state index in [0.29, 0.717) is 0 Å². The van der Waals surface area contributed by atoms with E-state index in [2.05, 4.69) is 15.4 Å². The second-order valence-electron chi connectivity index (χ2n) is 4.95. The van der Waals surface area contributed by atoms with Crippen molar-refractivity contribution in [1.82, 2.24) is 14.6 Å². The quantitative estimate of drug-likeness (QED) is 0.611. The Balaban J connectivity index is 1.64. The molecule has 0 saturated carbocycles. The molecule has 5 nitrogen and oxygen atoms in total. The molecule has 114 valence electrons. The van der Waals surface area contributed by atoms with E-state index in [9.17, 15) is 0 Å². The number of nitrogens with one attached hydrogen (secondary N) is 1. The first-order valence-electron chi connectivity index (χ1n) is 7.15. The average Bonchev–Trinajstić information content (AvgIpc) is 3.14. The molecule has 6 heteroatoms. The molecule has 0 unspecified atom stereocenters. The Hall–Kier alpha value is -2.86. The van der Waals surface area contributed by atoms with Gasteiger partial charge in [0.15, 0.2) is 0 Å². The maximum absolute atomic E-state index is 5.34. The van der Waals surface area contributed by atoms with Crippen molar-refractivity contribution in [3.8, 4) is 17.0 Å². The number of hydrogen-bond donors (Lipinski definition) is 1. The summed E-state index contributed by atoms with van der Waals surface area (Å²) in [6.45, 7) is 0. The van der Waals surface area contributed by atoms with Crippen molar-refractivity contribution in [1.29, 1.82) is 0 Å². The van der Waals surface area contributed by atoms with Crippen LogP contribution in [-0.4, -0.2) is 21.7 Å². The molecule has 0 spiro atoms. The summed E-state index contributed by atoms with van der Waals surface area (Å²) >= 11 is 1.50. The molecule has 0 aliphatic carbocycles. The molecule has 0 bridgehead atoms. The molecule has 2 heterocycles. The smallest absolute Gasteiger partial charge is 0.214 e. The Morgan fingerprint density at radius 2 is 1.83 bits per heavy atom. The van der Waals surface area contributed by atoms with Gasteiger partial charge in [0, 0.05) is 5.56 Å². The Labute approximate surface area is 137 Å². The Morgan fingerprint density at radius 3 is 2.61 bits per heavy atom. The van der Waals surface area contributed by atoms with E-state index in [-0.39, 0.29) is 0 Å². The highest BCUT2D eigenvalue weighted by Gasteiger charge is 2.11. The van der Waals surface area contributed by atoms with E-state index < -0.39 is 0 Å². The first kappa shape index (κ1) is 13.8. The maximum atomic E-state index is 5.34. The normalized spacial score (nSPS) is 10.8. The minimum Gasteiger partial charge on any atom is -0.495 e. The minimum absolute atomic E-state index is 0.775. The third-order valence-corrected chi connectivity index (χ3v) is 4.30. The molecule has 0 saturated heterocycles. The zero-order valence-electron chi connectivity index (χ0n) is 12.4. The summed E-state index contributed by atoms with van der Waals surface area (Å²) in [5.41, 5.74) is 2.90. The van der Waals surface area contributed by atoms with E-state index in [1.807, 2.05) is 60.8 Å². The van der Waals surface area contributed by atoms with E-state index in [1.165, 1.54) is 11.3 Å². The highest BCUT2D eigenvalue weighted by atomic mass is 32.1. The number of rotatable bonds is 4. The molecule has 0 aliphatic rings. The van der Waals surface area contributed by atoms with Crippen molar-refractivity contribution >= 4 is 27.1 Å². The van der Waals surface area contributed by atoms with Gasteiger partial charge in [-0.2, -0.15) is 0 Å². The molecule has 1 N–H and O–H groups in total. The van der Waals surface area contributed by atoms with Gasteiger partial charge in [-0.1, -0.05) is 53.8 Å². The Kier molecular flexibility index (Phi) is 3.44. The van der Waals surface area contributed by atoms with Crippen LogP contribution in [0.5, 0.6) is 5.75 Å². The number of hydrogen-bond acceptors (Lipinski definition) is 5. The highest BCUT2D eigenvalue weighted by Crippen LogP contribution is 2.30. The van der Waals surface area contributed by atoms with Gasteiger partial charge in [-0.25, -0.2) is 9.50 Å². The second kappa shape index (κ2) is 5.73. The van der Waals surface area contributed by atoms with Gasteiger partial charge in [0.25, 0.3) is 0 Å². The van der Waals surface area contributed by atoms with Crippen molar-refractivity contribution in [3.05, 3.63) is 60.8 Å². The van der Waals surface area contributed by atoms with Crippen molar-refractivity contribution in [2.45, 2.75) is 0 Å². The van der Waals surface area contributed by atoms with E-state index in [4.69, 9.17) is 4.74 Å². The van der Waals surface area contributed by atoms with E-state index in [1.54, 1.807) is 11.6 Å². The van der Waals surface area contributed by atoms with Crippen LogP contribution < -0.4 is 10.1 Å². The minimum atomic E-state index is 0.775. The summed E-state index contributed by atoms with van der Waals surface area (Å²) in [6, 6.07) is 17.8. The number of anilines is 2. The summed E-state index contributed by atoms with van der Waals surface area (Å²) in [7, 11) is 1.65. The van der Waals surface area contributed by atoms with Gasteiger partial charge in [0.1, 0.15) is 5.75 Å². The topological polar surface area (TPSA) is 51.5 Å². The molecule has 0 fully saturated rings. The third kappa shape index (κ3) is 2.64. The lowest BCUT2D eigenvalue weighted by molar-refractivity contribution is 0.417. The summed E-state index contributed by atoms with van der Waals surface area (Å²) in [5, 5.41) is 8.59. The number of fused-ring (bicyclic) bond motifs is 1. The highest BCUT2D eigenvalue weighted by molar-refractivity contribution is 7.20. The molecule has 0 amide bonds. The first-order valence-corrected chi connectivity index (χ1v) is 7.97. The zero-order valence-corrected chi connectivity index (χ0v) is 13.2. The number of imidazole rings is 1. The van der Waals surface area contributed by atoms with Crippen LogP contribution in [0.3, 0.4) is 0 Å². The fraction of sp³-hybridized carbons (Fsp3) is 0.0588. The molecule has 0 radical (unpaired) electrons. The molecule has 4 aromatic rings. The average molecular weight is 322 g/mol. The first-order chi connectivity index (χ1) is 11.3. The van der Waals surface area contributed by atoms with Crippen LogP contribution in [0.4, 0.5) is 10.8 Å². The fourth-order valence-corrected chi connectivity index (χ4v) is 3.16. The molecule has 0 aliphatic heterocycles. The molecule has 2 aromatic carbocycles. The van der Waals surface area contributed by atoms with Gasteiger partial charge in [-0.15, -0.1) is 5.10 Å². The fourth-order valence-electron chi connectivity index (χ4n) is 2.36. The predicted molar refractivity (Wildman–Crippen MR) is 92.6 cm³/mol. The number of para-hydroxylation sites is 2. The summed E-state index contributed by atoms with van der Waals surface area (Å²) < 4.78 is 7.14. The van der Waals surface area contributed by atoms with Crippen LogP contribution in [-0.2, 0) is 0 Å². The summed E-state index contributed by atoms with van der Waals surface area (Å²) in [6.07, 6.45) is 1.94. The van der Waals surface area contributed by atoms with E-state index >= 15 is 0 Å². The molecular formula is C17H14N4OS. The number of ether oxygens (including phenoxy) is 1. The maximum Gasteiger partial charge on any atom is 0.214 e. The van der Waals surface area contributed by atoms with Gasteiger partial charge in [-0.05, 0) is 12.1 Å². The van der Waals surface area contributed by atoms with Crippen LogP contribution in [0, 0.1) is 0 Å². The van der Waals surface area contributed by atoms with Gasteiger partial charge in [-0.3, -0.25) is 0 Å². The molecular weight excluding hydrogens is 308 g/mol. The predicted octanol–water partition coefficient (Wildman–Crippen LogP) is 4.21.